The Morgan fingerprint density at radius 2 is 2.22 bits per heavy atom. The lowest BCUT2D eigenvalue weighted by molar-refractivity contribution is 0.806. The van der Waals surface area contributed by atoms with Gasteiger partial charge in [-0.3, -0.25) is 9.78 Å². The first kappa shape index (κ1) is 13.0. The van der Waals surface area contributed by atoms with Gasteiger partial charge in [0.25, 0.3) is 5.56 Å². The topological polar surface area (TPSA) is 67.8 Å². The van der Waals surface area contributed by atoms with E-state index in [4.69, 9.17) is 11.6 Å². The molecule has 2 aromatic heterocycles. The molecule has 0 aromatic carbocycles. The molecule has 0 amide bonds. The molecule has 5 nitrogen and oxygen atoms in total. The van der Waals surface area contributed by atoms with Crippen molar-refractivity contribution >= 4 is 22.9 Å². The number of H-pyrrole nitrogens is 1. The normalized spacial score (nSPS) is 10.8. The lowest BCUT2D eigenvalue weighted by Crippen LogP contribution is -2.36. The molecule has 0 aliphatic rings. The second-order valence-corrected chi connectivity index (χ2v) is 5.10. The number of thiazole rings is 1. The van der Waals surface area contributed by atoms with E-state index in [9.17, 15) is 9.59 Å². The highest BCUT2D eigenvalue weighted by Crippen LogP contribution is 2.13. The van der Waals surface area contributed by atoms with Crippen molar-refractivity contribution in [1.82, 2.24) is 14.5 Å². The molecule has 0 radical (unpaired) electrons. The van der Waals surface area contributed by atoms with E-state index in [1.807, 2.05) is 13.8 Å². The van der Waals surface area contributed by atoms with E-state index in [1.165, 1.54) is 11.3 Å². The van der Waals surface area contributed by atoms with Gasteiger partial charge >= 0.3 is 5.69 Å². The van der Waals surface area contributed by atoms with Crippen LogP contribution in [-0.2, 0) is 6.42 Å². The van der Waals surface area contributed by atoms with Crippen LogP contribution in [0.4, 0.5) is 0 Å². The fourth-order valence-electron chi connectivity index (χ4n) is 1.63. The number of nitrogens with zero attached hydrogens (tertiary/aromatic N) is 2. The van der Waals surface area contributed by atoms with Gasteiger partial charge in [0.05, 0.1) is 11.3 Å². The Kier molecular flexibility index (Phi) is 3.68. The Morgan fingerprint density at radius 3 is 2.78 bits per heavy atom. The molecular weight excluding hydrogens is 274 g/mol. The third-order valence-electron chi connectivity index (χ3n) is 2.44. The number of rotatable bonds is 3. The molecule has 1 N–H and O–H groups in total. The van der Waals surface area contributed by atoms with Crippen LogP contribution in [0, 0.1) is 6.92 Å². The summed E-state index contributed by atoms with van der Waals surface area (Å²) in [5.41, 5.74) is 0.249. The first-order chi connectivity index (χ1) is 8.54. The van der Waals surface area contributed by atoms with Gasteiger partial charge in [0.15, 0.2) is 0 Å². The van der Waals surface area contributed by atoms with Crippen molar-refractivity contribution in [2.45, 2.75) is 26.7 Å². The van der Waals surface area contributed by atoms with Crippen LogP contribution < -0.4 is 11.2 Å². The van der Waals surface area contributed by atoms with Crippen molar-refractivity contribution in [1.29, 1.82) is 0 Å². The van der Waals surface area contributed by atoms with E-state index in [0.29, 0.717) is 17.1 Å². The minimum absolute atomic E-state index is 0.122. The largest absolute Gasteiger partial charge is 0.336 e. The summed E-state index contributed by atoms with van der Waals surface area (Å²) in [6, 6.07) is 0. The van der Waals surface area contributed by atoms with Gasteiger partial charge in [-0.1, -0.05) is 24.9 Å². The molecule has 18 heavy (non-hydrogen) atoms. The maximum Gasteiger partial charge on any atom is 0.336 e. The lowest BCUT2D eigenvalue weighted by Gasteiger charge is -2.05. The third-order valence-corrected chi connectivity index (χ3v) is 3.71. The molecule has 96 valence electrons. The van der Waals surface area contributed by atoms with Gasteiger partial charge in [-0.2, -0.15) is 0 Å². The standard InChI is InChI=1S/C11H12ClN3O2S/c1-3-4-7-8(12)14-10(17)15(9(7)16)11-13-6(2)5-18-11/h5H,3-4H2,1-2H3,(H,14,17). The number of aromatic amines is 1. The van der Waals surface area contributed by atoms with E-state index in [2.05, 4.69) is 9.97 Å². The van der Waals surface area contributed by atoms with Gasteiger partial charge in [0, 0.05) is 5.38 Å². The Morgan fingerprint density at radius 1 is 1.50 bits per heavy atom. The van der Waals surface area contributed by atoms with E-state index < -0.39 is 5.69 Å². The van der Waals surface area contributed by atoms with Crippen molar-refractivity contribution in [3.05, 3.63) is 42.6 Å². The number of aryl methyl sites for hydroxylation is 1. The molecule has 0 saturated heterocycles. The first-order valence-electron chi connectivity index (χ1n) is 5.50. The second kappa shape index (κ2) is 5.07. The first-order valence-corrected chi connectivity index (χ1v) is 6.76. The maximum atomic E-state index is 12.2. The van der Waals surface area contributed by atoms with Gasteiger partial charge in [-0.05, 0) is 13.3 Å². The summed E-state index contributed by atoms with van der Waals surface area (Å²) in [7, 11) is 0. The molecule has 0 fully saturated rings. The lowest BCUT2D eigenvalue weighted by atomic mass is 10.2. The van der Waals surface area contributed by atoms with Crippen LogP contribution in [0.15, 0.2) is 15.0 Å². The van der Waals surface area contributed by atoms with E-state index in [1.54, 1.807) is 5.38 Å². The molecule has 0 aliphatic carbocycles. The Labute approximate surface area is 112 Å². The molecule has 2 rings (SSSR count). The molecule has 0 bridgehead atoms. The molecule has 2 aromatic rings. The highest BCUT2D eigenvalue weighted by molar-refractivity contribution is 7.12. The van der Waals surface area contributed by atoms with Crippen molar-refractivity contribution in [3.63, 3.8) is 0 Å². The summed E-state index contributed by atoms with van der Waals surface area (Å²) in [6.07, 6.45) is 1.30. The fraction of sp³-hybridized carbons (Fsp3) is 0.364. The summed E-state index contributed by atoms with van der Waals surface area (Å²) in [5.74, 6) is 0. The number of aromatic nitrogens is 3. The average molecular weight is 286 g/mol. The van der Waals surface area contributed by atoms with Crippen molar-refractivity contribution < 1.29 is 0 Å². The van der Waals surface area contributed by atoms with Gasteiger partial charge < -0.3 is 0 Å². The monoisotopic (exact) mass is 285 g/mol. The molecule has 0 unspecified atom stereocenters. The number of nitrogens with one attached hydrogen (secondary N) is 1. The molecule has 0 aliphatic heterocycles. The highest BCUT2D eigenvalue weighted by atomic mass is 35.5. The van der Waals surface area contributed by atoms with E-state index in [-0.39, 0.29) is 10.7 Å². The van der Waals surface area contributed by atoms with E-state index in [0.717, 1.165) is 16.7 Å². The summed E-state index contributed by atoms with van der Waals surface area (Å²) >= 11 is 7.14. The zero-order valence-corrected chi connectivity index (χ0v) is 11.6. The van der Waals surface area contributed by atoms with Crippen LogP contribution in [0.25, 0.3) is 5.13 Å². The SMILES string of the molecule is CCCc1c(Cl)[nH]c(=O)n(-c2nc(C)cs2)c1=O. The third kappa shape index (κ3) is 2.26. The fourth-order valence-corrected chi connectivity index (χ4v) is 2.68. The van der Waals surface area contributed by atoms with Gasteiger partial charge in [-0.25, -0.2) is 14.3 Å². The minimum atomic E-state index is -0.556. The molecule has 0 spiro atoms. The molecule has 0 atom stereocenters. The molecule has 0 saturated carbocycles. The van der Waals surface area contributed by atoms with Crippen LogP contribution in [0.2, 0.25) is 5.15 Å². The van der Waals surface area contributed by atoms with Crippen LogP contribution in [0.3, 0.4) is 0 Å². The van der Waals surface area contributed by atoms with Crippen LogP contribution in [0.1, 0.15) is 24.6 Å². The minimum Gasteiger partial charge on any atom is -0.297 e. The zero-order chi connectivity index (χ0) is 13.3. The van der Waals surface area contributed by atoms with Crippen molar-refractivity contribution in [2.75, 3.05) is 0 Å². The Balaban J connectivity index is 2.72. The maximum absolute atomic E-state index is 12.2. The second-order valence-electron chi connectivity index (χ2n) is 3.88. The number of halogens is 1. The smallest absolute Gasteiger partial charge is 0.297 e. The summed E-state index contributed by atoms with van der Waals surface area (Å²) < 4.78 is 1.04. The van der Waals surface area contributed by atoms with Gasteiger partial charge in [0.1, 0.15) is 5.15 Å². The van der Waals surface area contributed by atoms with Crippen molar-refractivity contribution in [2.24, 2.45) is 0 Å². The quantitative estimate of drug-likeness (QED) is 0.876. The Bertz CT molecular complexity index is 686. The summed E-state index contributed by atoms with van der Waals surface area (Å²) in [4.78, 5) is 30.7. The molecule has 2 heterocycles. The van der Waals surface area contributed by atoms with Crippen LogP contribution in [-0.4, -0.2) is 14.5 Å². The van der Waals surface area contributed by atoms with Crippen LogP contribution in [0.5, 0.6) is 0 Å². The summed E-state index contributed by atoms with van der Waals surface area (Å²) in [5, 5.41) is 2.28. The van der Waals surface area contributed by atoms with Gasteiger partial charge in [-0.15, -0.1) is 11.3 Å². The zero-order valence-electron chi connectivity index (χ0n) is 9.99. The Hall–Kier alpha value is -1.40. The predicted molar refractivity (Wildman–Crippen MR) is 72.1 cm³/mol. The number of hydrogen-bond donors (Lipinski definition) is 1. The predicted octanol–water partition coefficient (Wildman–Crippen LogP) is 1.90. The van der Waals surface area contributed by atoms with Gasteiger partial charge in [0.2, 0.25) is 5.13 Å². The van der Waals surface area contributed by atoms with Crippen LogP contribution >= 0.6 is 22.9 Å². The summed E-state index contributed by atoms with van der Waals surface area (Å²) in [6.45, 7) is 3.75. The van der Waals surface area contributed by atoms with E-state index >= 15 is 0 Å². The highest BCUT2D eigenvalue weighted by Gasteiger charge is 2.15. The number of hydrogen-bond acceptors (Lipinski definition) is 4. The molecular formula is C11H12ClN3O2S. The molecule has 7 heteroatoms. The van der Waals surface area contributed by atoms with Crippen molar-refractivity contribution in [3.8, 4) is 5.13 Å². The average Bonchev–Trinajstić information content (AvgIpc) is 2.70.